The molecule has 1 unspecified atom stereocenters. The average molecular weight is 504 g/mol. The molecule has 37 heavy (non-hydrogen) atoms. The highest BCUT2D eigenvalue weighted by molar-refractivity contribution is 5.82. The van der Waals surface area contributed by atoms with Crippen molar-refractivity contribution in [1.82, 2.24) is 15.0 Å². The zero-order valence-corrected chi connectivity index (χ0v) is 22.0. The van der Waals surface area contributed by atoms with Gasteiger partial charge in [0.25, 0.3) is 0 Å². The zero-order chi connectivity index (χ0) is 26.5. The fourth-order valence-corrected chi connectivity index (χ4v) is 4.12. The first-order chi connectivity index (χ1) is 17.6. The van der Waals surface area contributed by atoms with Gasteiger partial charge in [-0.3, -0.25) is 9.69 Å². The van der Waals surface area contributed by atoms with Gasteiger partial charge in [-0.05, 0) is 37.1 Å². The topological polar surface area (TPSA) is 68.5 Å². The Labute approximate surface area is 218 Å². The summed E-state index contributed by atoms with van der Waals surface area (Å²) in [4.78, 5) is 18.9. The number of pyridine rings is 1. The summed E-state index contributed by atoms with van der Waals surface area (Å²) in [7, 11) is 0. The standard InChI is InChI=1S/C30H34FN3O3/c1-29(2,3)27-19-25(33-37-27)18-26(35)17-23-8-5-22(6-9-23)7-10-24-11-12-28(32-20-24)36-16-15-34-14-13-30(4,31)21-34/h5-6,8-9,11-12,19-20H,13-18,21H2,1-4H3. The molecule has 1 aliphatic heterocycles. The highest BCUT2D eigenvalue weighted by Crippen LogP contribution is 2.24. The lowest BCUT2D eigenvalue weighted by atomic mass is 9.93. The summed E-state index contributed by atoms with van der Waals surface area (Å²) in [5.74, 6) is 7.62. The molecule has 0 aliphatic carbocycles. The van der Waals surface area contributed by atoms with Crippen LogP contribution in [-0.4, -0.2) is 52.7 Å². The van der Waals surface area contributed by atoms with Crippen LogP contribution in [0, 0.1) is 11.8 Å². The van der Waals surface area contributed by atoms with E-state index >= 15 is 0 Å². The van der Waals surface area contributed by atoms with Gasteiger partial charge in [-0.15, -0.1) is 0 Å². The highest BCUT2D eigenvalue weighted by atomic mass is 19.1. The van der Waals surface area contributed by atoms with Crippen LogP contribution in [-0.2, 0) is 23.1 Å². The van der Waals surface area contributed by atoms with Gasteiger partial charge in [-0.1, -0.05) is 49.9 Å². The van der Waals surface area contributed by atoms with Crippen LogP contribution in [0.3, 0.4) is 0 Å². The summed E-state index contributed by atoms with van der Waals surface area (Å²) >= 11 is 0. The molecule has 1 aliphatic rings. The maximum absolute atomic E-state index is 13.9. The van der Waals surface area contributed by atoms with E-state index in [-0.39, 0.29) is 17.6 Å². The summed E-state index contributed by atoms with van der Waals surface area (Å²) in [5, 5.41) is 4.03. The molecule has 194 valence electrons. The fraction of sp³-hybridized carbons (Fsp3) is 0.433. The van der Waals surface area contributed by atoms with Gasteiger partial charge in [0.05, 0.1) is 12.1 Å². The first kappa shape index (κ1) is 26.6. The molecule has 2 aromatic heterocycles. The van der Waals surface area contributed by atoms with E-state index in [0.29, 0.717) is 44.1 Å². The van der Waals surface area contributed by atoms with Crippen molar-refractivity contribution in [2.24, 2.45) is 0 Å². The smallest absolute Gasteiger partial charge is 0.213 e. The second kappa shape index (κ2) is 11.3. The monoisotopic (exact) mass is 503 g/mol. The predicted octanol–water partition coefficient (Wildman–Crippen LogP) is 4.93. The lowest BCUT2D eigenvalue weighted by Gasteiger charge is -2.17. The van der Waals surface area contributed by atoms with Crippen LogP contribution >= 0.6 is 0 Å². The third kappa shape index (κ3) is 7.99. The number of rotatable bonds is 8. The molecular weight excluding hydrogens is 469 g/mol. The van der Waals surface area contributed by atoms with E-state index in [0.717, 1.165) is 29.0 Å². The van der Waals surface area contributed by atoms with Crippen molar-refractivity contribution in [3.8, 4) is 17.7 Å². The summed E-state index contributed by atoms with van der Waals surface area (Å²) < 4.78 is 25.0. The minimum atomic E-state index is -1.09. The number of hydrogen-bond acceptors (Lipinski definition) is 6. The third-order valence-electron chi connectivity index (χ3n) is 6.28. The number of Topliss-reactive ketones (excluding diaryl/α,β-unsaturated/α-hetero) is 1. The number of hydrogen-bond donors (Lipinski definition) is 0. The molecule has 1 aromatic carbocycles. The van der Waals surface area contributed by atoms with E-state index in [1.807, 2.05) is 57.2 Å². The number of ether oxygens (including phenoxy) is 1. The number of aromatic nitrogens is 2. The predicted molar refractivity (Wildman–Crippen MR) is 140 cm³/mol. The molecule has 0 amide bonds. The van der Waals surface area contributed by atoms with Crippen LogP contribution < -0.4 is 4.74 Å². The summed E-state index contributed by atoms with van der Waals surface area (Å²) in [5.41, 5.74) is 2.01. The summed E-state index contributed by atoms with van der Waals surface area (Å²) in [6, 6.07) is 13.2. The molecule has 7 heteroatoms. The second-order valence-corrected chi connectivity index (χ2v) is 10.9. The normalized spacial score (nSPS) is 17.9. The van der Waals surface area contributed by atoms with Crippen molar-refractivity contribution in [3.05, 3.63) is 76.8 Å². The van der Waals surface area contributed by atoms with Crippen LogP contribution in [0.1, 0.15) is 62.3 Å². The zero-order valence-electron chi connectivity index (χ0n) is 22.0. The minimum absolute atomic E-state index is 0.0855. The molecule has 1 atom stereocenters. The molecule has 1 fully saturated rings. The van der Waals surface area contributed by atoms with E-state index in [1.165, 1.54) is 0 Å². The van der Waals surface area contributed by atoms with Crippen LogP contribution in [0.5, 0.6) is 5.88 Å². The average Bonchev–Trinajstić information content (AvgIpc) is 3.45. The highest BCUT2D eigenvalue weighted by Gasteiger charge is 2.33. The fourth-order valence-electron chi connectivity index (χ4n) is 4.12. The molecular formula is C30H34FN3O3. The van der Waals surface area contributed by atoms with Crippen molar-refractivity contribution >= 4 is 5.78 Å². The number of carbonyl (C=O) groups is 1. The number of alkyl halides is 1. The van der Waals surface area contributed by atoms with E-state index in [4.69, 9.17) is 9.26 Å². The Balaban J connectivity index is 1.23. The first-order valence-corrected chi connectivity index (χ1v) is 12.6. The lowest BCUT2D eigenvalue weighted by molar-refractivity contribution is -0.117. The Morgan fingerprint density at radius 2 is 1.86 bits per heavy atom. The number of carbonyl (C=O) groups excluding carboxylic acids is 1. The number of halogens is 1. The summed E-state index contributed by atoms with van der Waals surface area (Å²) in [6.07, 6.45) is 2.84. The molecule has 0 radical (unpaired) electrons. The number of likely N-dealkylation sites (tertiary alicyclic amines) is 1. The molecule has 0 saturated carbocycles. The third-order valence-corrected chi connectivity index (χ3v) is 6.28. The SMILES string of the molecule is CC1(F)CCN(CCOc2ccc(C#Cc3ccc(CC(=O)Cc4cc(C(C)(C)C)on4)cc3)cn2)C1. The van der Waals surface area contributed by atoms with Crippen LogP contribution in [0.15, 0.2) is 53.2 Å². The van der Waals surface area contributed by atoms with Crippen LogP contribution in [0.4, 0.5) is 4.39 Å². The lowest BCUT2D eigenvalue weighted by Crippen LogP contribution is -2.29. The van der Waals surface area contributed by atoms with Gasteiger partial charge in [0.1, 0.15) is 23.8 Å². The Hall–Kier alpha value is -3.50. The molecule has 0 N–H and O–H groups in total. The van der Waals surface area contributed by atoms with E-state index in [2.05, 4.69) is 26.9 Å². The Morgan fingerprint density at radius 3 is 2.49 bits per heavy atom. The first-order valence-electron chi connectivity index (χ1n) is 12.6. The van der Waals surface area contributed by atoms with Gasteiger partial charge in [0.15, 0.2) is 0 Å². The molecule has 1 saturated heterocycles. The van der Waals surface area contributed by atoms with Gasteiger partial charge in [0.2, 0.25) is 5.88 Å². The number of benzene rings is 1. The minimum Gasteiger partial charge on any atom is -0.476 e. The number of nitrogens with zero attached hydrogens (tertiary/aromatic N) is 3. The van der Waals surface area contributed by atoms with Crippen molar-refractivity contribution in [2.45, 2.75) is 58.0 Å². The van der Waals surface area contributed by atoms with Crippen LogP contribution in [0.2, 0.25) is 0 Å². The second-order valence-electron chi connectivity index (χ2n) is 10.9. The Morgan fingerprint density at radius 1 is 1.14 bits per heavy atom. The van der Waals surface area contributed by atoms with Crippen molar-refractivity contribution in [3.63, 3.8) is 0 Å². The van der Waals surface area contributed by atoms with E-state index < -0.39 is 5.67 Å². The molecule has 3 heterocycles. The van der Waals surface area contributed by atoms with E-state index in [9.17, 15) is 9.18 Å². The van der Waals surface area contributed by atoms with Crippen molar-refractivity contribution < 1.29 is 18.4 Å². The van der Waals surface area contributed by atoms with Gasteiger partial charge in [0, 0.05) is 60.9 Å². The van der Waals surface area contributed by atoms with Crippen molar-refractivity contribution in [1.29, 1.82) is 0 Å². The van der Waals surface area contributed by atoms with Gasteiger partial charge in [-0.25, -0.2) is 9.37 Å². The quantitative estimate of drug-likeness (QED) is 0.406. The van der Waals surface area contributed by atoms with E-state index in [1.54, 1.807) is 19.2 Å². The van der Waals surface area contributed by atoms with Gasteiger partial charge >= 0.3 is 0 Å². The Bertz CT molecular complexity index is 1260. The largest absolute Gasteiger partial charge is 0.476 e. The Kier molecular flexibility index (Phi) is 8.09. The molecule has 0 spiro atoms. The molecule has 3 aromatic rings. The molecule has 0 bridgehead atoms. The maximum atomic E-state index is 13.9. The number of ketones is 1. The summed E-state index contributed by atoms with van der Waals surface area (Å²) in [6.45, 7) is 10.2. The van der Waals surface area contributed by atoms with Gasteiger partial charge in [-0.2, -0.15) is 0 Å². The van der Waals surface area contributed by atoms with Crippen molar-refractivity contribution in [2.75, 3.05) is 26.2 Å². The molecule has 6 nitrogen and oxygen atoms in total. The van der Waals surface area contributed by atoms with Crippen LogP contribution in [0.25, 0.3) is 0 Å². The maximum Gasteiger partial charge on any atom is 0.213 e. The molecule has 4 rings (SSSR count). The van der Waals surface area contributed by atoms with Gasteiger partial charge < -0.3 is 9.26 Å².